The first-order chi connectivity index (χ1) is 11.1. The van der Waals surface area contributed by atoms with Gasteiger partial charge in [0, 0.05) is 13.1 Å². The predicted octanol–water partition coefficient (Wildman–Crippen LogP) is 1.59. The second-order valence-electron chi connectivity index (χ2n) is 5.73. The van der Waals surface area contributed by atoms with Crippen molar-refractivity contribution in [2.45, 2.75) is 19.3 Å². The zero-order valence-electron chi connectivity index (χ0n) is 12.8. The van der Waals surface area contributed by atoms with Gasteiger partial charge in [0.25, 0.3) is 5.91 Å². The summed E-state index contributed by atoms with van der Waals surface area (Å²) in [5.41, 5.74) is 1.02. The average molecular weight is 313 g/mol. The van der Waals surface area contributed by atoms with Crippen molar-refractivity contribution in [3.63, 3.8) is 0 Å². The fourth-order valence-corrected chi connectivity index (χ4v) is 2.81. The molecule has 0 unspecified atom stereocenters. The molecule has 0 bridgehead atoms. The van der Waals surface area contributed by atoms with Gasteiger partial charge in [-0.1, -0.05) is 30.3 Å². The van der Waals surface area contributed by atoms with E-state index < -0.39 is 11.9 Å². The second kappa shape index (κ2) is 6.64. The Morgan fingerprint density at radius 1 is 1.09 bits per heavy atom. The lowest BCUT2D eigenvalue weighted by atomic mass is 10.1. The predicted molar refractivity (Wildman–Crippen MR) is 85.1 cm³/mol. The van der Waals surface area contributed by atoms with Gasteiger partial charge in [0.15, 0.2) is 0 Å². The van der Waals surface area contributed by atoms with E-state index in [0.717, 1.165) is 29.7 Å². The first kappa shape index (κ1) is 15.3. The molecule has 1 aromatic carbocycles. The fraction of sp³-hybridized carbons (Fsp3) is 0.353. The van der Waals surface area contributed by atoms with Gasteiger partial charge in [-0.2, -0.15) is 0 Å². The number of amides is 4. The number of benzene rings is 1. The van der Waals surface area contributed by atoms with Gasteiger partial charge in [-0.3, -0.25) is 9.59 Å². The number of nitrogens with zero attached hydrogens (tertiary/aromatic N) is 2. The molecule has 120 valence electrons. The van der Waals surface area contributed by atoms with Crippen LogP contribution in [-0.4, -0.2) is 47.3 Å². The van der Waals surface area contributed by atoms with Gasteiger partial charge in [0.2, 0.25) is 5.91 Å². The molecule has 0 atom stereocenters. The van der Waals surface area contributed by atoms with Crippen molar-refractivity contribution < 1.29 is 14.4 Å². The van der Waals surface area contributed by atoms with Gasteiger partial charge in [0.1, 0.15) is 12.2 Å². The summed E-state index contributed by atoms with van der Waals surface area (Å²) in [5.74, 6) is -0.627. The lowest BCUT2D eigenvalue weighted by Crippen LogP contribution is -2.44. The van der Waals surface area contributed by atoms with Crippen LogP contribution >= 0.6 is 0 Å². The van der Waals surface area contributed by atoms with Crippen molar-refractivity contribution in [2.24, 2.45) is 0 Å². The third-order valence-electron chi connectivity index (χ3n) is 4.08. The molecule has 0 aliphatic carbocycles. The van der Waals surface area contributed by atoms with Gasteiger partial charge < -0.3 is 10.2 Å². The lowest BCUT2D eigenvalue weighted by Gasteiger charge is -2.27. The molecular weight excluding hydrogens is 294 g/mol. The molecule has 23 heavy (non-hydrogen) atoms. The van der Waals surface area contributed by atoms with Crippen LogP contribution in [0.25, 0.3) is 6.08 Å². The van der Waals surface area contributed by atoms with Gasteiger partial charge in [0.05, 0.1) is 0 Å². The summed E-state index contributed by atoms with van der Waals surface area (Å²) in [5, 5.41) is 2.54. The van der Waals surface area contributed by atoms with Gasteiger partial charge in [-0.15, -0.1) is 0 Å². The molecule has 1 aromatic rings. The van der Waals surface area contributed by atoms with E-state index in [9.17, 15) is 14.4 Å². The first-order valence-electron chi connectivity index (χ1n) is 7.82. The maximum absolute atomic E-state index is 12.3. The highest BCUT2D eigenvalue weighted by Gasteiger charge is 2.35. The highest BCUT2D eigenvalue weighted by atomic mass is 16.2. The fourth-order valence-electron chi connectivity index (χ4n) is 2.81. The molecule has 2 aliphatic rings. The SMILES string of the molecule is O=C(CN1C(=O)N/C(=C\c2ccccc2)C1=O)N1CCCCC1. The van der Waals surface area contributed by atoms with Crippen molar-refractivity contribution in [1.29, 1.82) is 0 Å². The molecule has 6 nitrogen and oxygen atoms in total. The van der Waals surface area contributed by atoms with Crippen LogP contribution in [0.5, 0.6) is 0 Å². The van der Waals surface area contributed by atoms with Crippen molar-refractivity contribution in [1.82, 2.24) is 15.1 Å². The van der Waals surface area contributed by atoms with Crippen LogP contribution in [0.2, 0.25) is 0 Å². The zero-order chi connectivity index (χ0) is 16.2. The number of nitrogens with one attached hydrogen (secondary N) is 1. The number of hydrogen-bond donors (Lipinski definition) is 1. The van der Waals surface area contributed by atoms with E-state index in [-0.39, 0.29) is 18.1 Å². The summed E-state index contributed by atoms with van der Waals surface area (Å²) >= 11 is 0. The molecule has 3 rings (SSSR count). The van der Waals surface area contributed by atoms with E-state index in [1.807, 2.05) is 30.3 Å². The molecule has 6 heteroatoms. The summed E-state index contributed by atoms with van der Waals surface area (Å²) in [6, 6.07) is 8.72. The Morgan fingerprint density at radius 2 is 1.78 bits per heavy atom. The maximum Gasteiger partial charge on any atom is 0.329 e. The summed E-state index contributed by atoms with van der Waals surface area (Å²) < 4.78 is 0. The normalized spacial score (nSPS) is 20.1. The van der Waals surface area contributed by atoms with Crippen molar-refractivity contribution >= 4 is 23.9 Å². The molecule has 0 saturated carbocycles. The van der Waals surface area contributed by atoms with E-state index >= 15 is 0 Å². The third-order valence-corrected chi connectivity index (χ3v) is 4.08. The molecule has 4 amide bonds. The van der Waals surface area contributed by atoms with Crippen LogP contribution in [0.1, 0.15) is 24.8 Å². The molecule has 2 saturated heterocycles. The number of piperidine rings is 1. The Balaban J connectivity index is 1.69. The largest absolute Gasteiger partial charge is 0.341 e. The zero-order valence-corrected chi connectivity index (χ0v) is 12.8. The molecule has 2 aliphatic heterocycles. The summed E-state index contributed by atoms with van der Waals surface area (Å²) in [4.78, 5) is 39.3. The lowest BCUT2D eigenvalue weighted by molar-refractivity contribution is -0.136. The Kier molecular flexibility index (Phi) is 4.41. The Hall–Kier alpha value is -2.63. The van der Waals surface area contributed by atoms with Gasteiger partial charge in [-0.05, 0) is 30.9 Å². The number of hydrogen-bond acceptors (Lipinski definition) is 3. The minimum atomic E-state index is -0.539. The Labute approximate surface area is 134 Å². The smallest absolute Gasteiger partial charge is 0.329 e. The van der Waals surface area contributed by atoms with Gasteiger partial charge >= 0.3 is 6.03 Å². The van der Waals surface area contributed by atoms with E-state index in [4.69, 9.17) is 0 Å². The molecule has 0 aromatic heterocycles. The van der Waals surface area contributed by atoms with Crippen LogP contribution in [0, 0.1) is 0 Å². The summed E-state index contributed by atoms with van der Waals surface area (Å²) in [6.45, 7) is 1.21. The molecular formula is C17H19N3O3. The Bertz CT molecular complexity index is 648. The third kappa shape index (κ3) is 3.41. The topological polar surface area (TPSA) is 69.7 Å². The number of carbonyl (C=O) groups excluding carboxylic acids is 3. The first-order valence-corrected chi connectivity index (χ1v) is 7.82. The quantitative estimate of drug-likeness (QED) is 0.680. The molecule has 1 N–H and O–H groups in total. The van der Waals surface area contributed by atoms with Crippen molar-refractivity contribution in [3.05, 3.63) is 41.6 Å². The van der Waals surface area contributed by atoms with Crippen LogP contribution in [-0.2, 0) is 9.59 Å². The Morgan fingerprint density at radius 3 is 2.48 bits per heavy atom. The number of carbonyl (C=O) groups is 3. The van der Waals surface area contributed by atoms with Gasteiger partial charge in [-0.25, -0.2) is 9.69 Å². The molecule has 0 spiro atoms. The van der Waals surface area contributed by atoms with Crippen LogP contribution in [0.4, 0.5) is 4.79 Å². The number of urea groups is 1. The molecule has 0 radical (unpaired) electrons. The van der Waals surface area contributed by atoms with Crippen molar-refractivity contribution in [2.75, 3.05) is 19.6 Å². The average Bonchev–Trinajstić information content (AvgIpc) is 2.84. The highest BCUT2D eigenvalue weighted by molar-refractivity contribution is 6.15. The summed E-state index contributed by atoms with van der Waals surface area (Å²) in [6.07, 6.45) is 4.69. The van der Waals surface area contributed by atoms with E-state index in [2.05, 4.69) is 5.32 Å². The van der Waals surface area contributed by atoms with Crippen molar-refractivity contribution in [3.8, 4) is 0 Å². The maximum atomic E-state index is 12.3. The minimum Gasteiger partial charge on any atom is -0.341 e. The summed E-state index contributed by atoms with van der Waals surface area (Å²) in [7, 11) is 0. The van der Waals surface area contributed by atoms with E-state index in [1.54, 1.807) is 11.0 Å². The number of rotatable bonds is 3. The van der Waals surface area contributed by atoms with Crippen LogP contribution in [0.15, 0.2) is 36.0 Å². The van der Waals surface area contributed by atoms with Crippen LogP contribution < -0.4 is 5.32 Å². The standard InChI is InChI=1S/C17H19N3O3/c21-15(19-9-5-2-6-10-19)12-20-16(22)14(18-17(20)23)11-13-7-3-1-4-8-13/h1,3-4,7-8,11H,2,5-6,9-10,12H2,(H,18,23)/b14-11-. The molecule has 2 fully saturated rings. The molecule has 2 heterocycles. The van der Waals surface area contributed by atoms with Crippen LogP contribution in [0.3, 0.4) is 0 Å². The monoisotopic (exact) mass is 313 g/mol. The van der Waals surface area contributed by atoms with E-state index in [1.165, 1.54) is 0 Å². The second-order valence-corrected chi connectivity index (χ2v) is 5.73. The number of imide groups is 1. The van der Waals surface area contributed by atoms with E-state index in [0.29, 0.717) is 13.1 Å². The minimum absolute atomic E-state index is 0.172. The highest BCUT2D eigenvalue weighted by Crippen LogP contribution is 2.15. The number of likely N-dealkylation sites (tertiary alicyclic amines) is 1.